The van der Waals surface area contributed by atoms with E-state index in [9.17, 15) is 9.59 Å². The molecule has 1 N–H and O–H groups in total. The zero-order valence-electron chi connectivity index (χ0n) is 17.6. The van der Waals surface area contributed by atoms with Crippen LogP contribution in [0.3, 0.4) is 0 Å². The Morgan fingerprint density at radius 2 is 1.71 bits per heavy atom. The van der Waals surface area contributed by atoms with Crippen molar-refractivity contribution in [1.82, 2.24) is 10.2 Å². The first kappa shape index (κ1) is 20.7. The van der Waals surface area contributed by atoms with Crippen molar-refractivity contribution in [2.24, 2.45) is 0 Å². The van der Waals surface area contributed by atoms with E-state index in [1.807, 2.05) is 83.8 Å². The molecule has 0 saturated heterocycles. The predicted octanol–water partition coefficient (Wildman–Crippen LogP) is 3.88. The van der Waals surface area contributed by atoms with E-state index >= 15 is 0 Å². The van der Waals surface area contributed by atoms with Crippen LogP contribution in [0, 0.1) is 0 Å². The van der Waals surface area contributed by atoms with Gasteiger partial charge in [0.05, 0.1) is 6.04 Å². The van der Waals surface area contributed by atoms with E-state index in [0.29, 0.717) is 18.8 Å². The number of carbonyl (C=O) groups is 2. The van der Waals surface area contributed by atoms with Crippen LogP contribution in [0.25, 0.3) is 0 Å². The highest BCUT2D eigenvalue weighted by atomic mass is 16.5. The van der Waals surface area contributed by atoms with E-state index in [1.54, 1.807) is 6.92 Å². The fraction of sp³-hybridized carbons (Fsp3) is 0.231. The van der Waals surface area contributed by atoms with E-state index < -0.39 is 0 Å². The number of ether oxygens (including phenoxy) is 1. The Balaban J connectivity index is 1.48. The minimum atomic E-state index is -0.174. The fourth-order valence-electron chi connectivity index (χ4n) is 4.01. The van der Waals surface area contributed by atoms with Gasteiger partial charge in [-0.2, -0.15) is 0 Å². The van der Waals surface area contributed by atoms with Crippen molar-refractivity contribution in [3.8, 4) is 5.75 Å². The summed E-state index contributed by atoms with van der Waals surface area (Å²) in [5, 5.41) is 2.87. The topological polar surface area (TPSA) is 58.6 Å². The van der Waals surface area contributed by atoms with Crippen molar-refractivity contribution < 1.29 is 14.3 Å². The van der Waals surface area contributed by atoms with E-state index in [-0.39, 0.29) is 24.5 Å². The second-order valence-electron chi connectivity index (χ2n) is 7.69. The smallest absolute Gasteiger partial charge is 0.258 e. The first-order valence-electron chi connectivity index (χ1n) is 10.5. The summed E-state index contributed by atoms with van der Waals surface area (Å²) in [5.41, 5.74) is 4.36. The van der Waals surface area contributed by atoms with E-state index in [0.717, 1.165) is 23.1 Å². The maximum absolute atomic E-state index is 12.3. The molecule has 2 amide bonds. The number of carbonyl (C=O) groups excluding carboxylic acids is 2. The Bertz CT molecular complexity index is 1050. The Labute approximate surface area is 182 Å². The van der Waals surface area contributed by atoms with Crippen LogP contribution in [0.5, 0.6) is 5.75 Å². The standard InChI is InChI=1S/C26H26N2O3/c1-19(29)28-15-14-21-12-13-23(16-24(21)26(28)22-10-6-3-7-11-22)31-18-25(30)27-17-20-8-4-2-5-9-20/h2-13,16,26H,14-15,17-18H2,1H3,(H,27,30). The Hall–Kier alpha value is -3.60. The number of nitrogens with zero attached hydrogens (tertiary/aromatic N) is 1. The van der Waals surface area contributed by atoms with Crippen molar-refractivity contribution in [2.45, 2.75) is 25.9 Å². The van der Waals surface area contributed by atoms with Gasteiger partial charge in [0.25, 0.3) is 5.91 Å². The lowest BCUT2D eigenvalue weighted by Crippen LogP contribution is -2.39. The van der Waals surface area contributed by atoms with Gasteiger partial charge >= 0.3 is 0 Å². The molecule has 0 fully saturated rings. The molecule has 3 aromatic rings. The van der Waals surface area contributed by atoms with Crippen molar-refractivity contribution >= 4 is 11.8 Å². The van der Waals surface area contributed by atoms with Crippen LogP contribution in [0.1, 0.15) is 35.2 Å². The largest absolute Gasteiger partial charge is 0.484 e. The lowest BCUT2D eigenvalue weighted by Gasteiger charge is -2.37. The molecule has 4 rings (SSSR count). The third-order valence-corrected chi connectivity index (χ3v) is 5.57. The molecular weight excluding hydrogens is 388 g/mol. The number of amides is 2. The molecule has 0 aromatic heterocycles. The Kier molecular flexibility index (Phi) is 6.32. The first-order valence-corrected chi connectivity index (χ1v) is 10.5. The van der Waals surface area contributed by atoms with Crippen LogP contribution in [0.2, 0.25) is 0 Å². The molecule has 5 heteroatoms. The highest BCUT2D eigenvalue weighted by molar-refractivity contribution is 5.77. The molecule has 0 bridgehead atoms. The quantitative estimate of drug-likeness (QED) is 0.666. The zero-order chi connectivity index (χ0) is 21.6. The van der Waals surface area contributed by atoms with Gasteiger partial charge in [-0.1, -0.05) is 66.7 Å². The zero-order valence-corrected chi connectivity index (χ0v) is 17.6. The van der Waals surface area contributed by atoms with Crippen LogP contribution in [0.15, 0.2) is 78.9 Å². The van der Waals surface area contributed by atoms with Gasteiger partial charge in [0.1, 0.15) is 5.75 Å². The van der Waals surface area contributed by atoms with Crippen LogP contribution >= 0.6 is 0 Å². The molecule has 1 atom stereocenters. The summed E-state index contributed by atoms with van der Waals surface area (Å²) >= 11 is 0. The summed E-state index contributed by atoms with van der Waals surface area (Å²) in [6.45, 7) is 2.71. The fourth-order valence-corrected chi connectivity index (χ4v) is 4.01. The third-order valence-electron chi connectivity index (χ3n) is 5.57. The number of fused-ring (bicyclic) bond motifs is 1. The summed E-state index contributed by atoms with van der Waals surface area (Å²) in [5.74, 6) is 0.498. The average molecular weight is 415 g/mol. The second-order valence-corrected chi connectivity index (χ2v) is 7.69. The monoisotopic (exact) mass is 414 g/mol. The maximum Gasteiger partial charge on any atom is 0.258 e. The van der Waals surface area contributed by atoms with Gasteiger partial charge in [-0.05, 0) is 40.8 Å². The molecule has 0 radical (unpaired) electrons. The molecule has 1 unspecified atom stereocenters. The lowest BCUT2D eigenvalue weighted by molar-refractivity contribution is -0.130. The summed E-state index contributed by atoms with van der Waals surface area (Å²) in [7, 11) is 0. The van der Waals surface area contributed by atoms with Gasteiger partial charge < -0.3 is 15.0 Å². The highest BCUT2D eigenvalue weighted by Gasteiger charge is 2.30. The van der Waals surface area contributed by atoms with Crippen LogP contribution in [-0.4, -0.2) is 29.9 Å². The Morgan fingerprint density at radius 3 is 2.42 bits per heavy atom. The molecule has 1 aliphatic rings. The van der Waals surface area contributed by atoms with Gasteiger partial charge in [0.15, 0.2) is 6.61 Å². The van der Waals surface area contributed by atoms with Gasteiger partial charge in [0.2, 0.25) is 5.91 Å². The number of nitrogens with one attached hydrogen (secondary N) is 1. The van der Waals surface area contributed by atoms with Crippen molar-refractivity contribution in [2.75, 3.05) is 13.2 Å². The summed E-state index contributed by atoms with van der Waals surface area (Å²) in [6, 6.07) is 25.5. The van der Waals surface area contributed by atoms with Gasteiger partial charge in [0, 0.05) is 20.0 Å². The number of hydrogen-bond acceptors (Lipinski definition) is 3. The van der Waals surface area contributed by atoms with Crippen molar-refractivity contribution in [1.29, 1.82) is 0 Å². The molecule has 0 aliphatic carbocycles. The molecule has 158 valence electrons. The van der Waals surface area contributed by atoms with Crippen molar-refractivity contribution in [3.63, 3.8) is 0 Å². The first-order chi connectivity index (χ1) is 15.1. The van der Waals surface area contributed by atoms with E-state index in [1.165, 1.54) is 5.56 Å². The van der Waals surface area contributed by atoms with Crippen LogP contribution in [-0.2, 0) is 22.6 Å². The van der Waals surface area contributed by atoms with E-state index in [2.05, 4.69) is 5.32 Å². The van der Waals surface area contributed by atoms with Gasteiger partial charge in [-0.3, -0.25) is 9.59 Å². The third kappa shape index (κ3) is 4.94. The number of benzene rings is 3. The predicted molar refractivity (Wildman–Crippen MR) is 120 cm³/mol. The molecule has 0 saturated carbocycles. The number of rotatable bonds is 6. The maximum atomic E-state index is 12.3. The number of hydrogen-bond donors (Lipinski definition) is 1. The van der Waals surface area contributed by atoms with Gasteiger partial charge in [-0.25, -0.2) is 0 Å². The molecule has 5 nitrogen and oxygen atoms in total. The lowest BCUT2D eigenvalue weighted by atomic mass is 9.88. The summed E-state index contributed by atoms with van der Waals surface area (Å²) in [4.78, 5) is 26.4. The second kappa shape index (κ2) is 9.47. The average Bonchev–Trinajstić information content (AvgIpc) is 2.81. The van der Waals surface area contributed by atoms with Crippen molar-refractivity contribution in [3.05, 3.63) is 101 Å². The minimum Gasteiger partial charge on any atom is -0.484 e. The molecule has 3 aromatic carbocycles. The molecule has 0 spiro atoms. The summed E-state index contributed by atoms with van der Waals surface area (Å²) < 4.78 is 5.79. The molecule has 31 heavy (non-hydrogen) atoms. The van der Waals surface area contributed by atoms with Gasteiger partial charge in [-0.15, -0.1) is 0 Å². The SMILES string of the molecule is CC(=O)N1CCc2ccc(OCC(=O)NCc3ccccc3)cc2C1c1ccccc1. The molecule has 1 aliphatic heterocycles. The van der Waals surface area contributed by atoms with Crippen LogP contribution < -0.4 is 10.1 Å². The van der Waals surface area contributed by atoms with Crippen LogP contribution in [0.4, 0.5) is 0 Å². The Morgan fingerprint density at radius 1 is 1.00 bits per heavy atom. The molecular formula is C26H26N2O3. The molecule has 1 heterocycles. The highest BCUT2D eigenvalue weighted by Crippen LogP contribution is 2.37. The van der Waals surface area contributed by atoms with E-state index in [4.69, 9.17) is 4.74 Å². The summed E-state index contributed by atoms with van der Waals surface area (Å²) in [6.07, 6.45) is 0.802. The normalized spacial score (nSPS) is 15.1. The minimum absolute atomic E-state index is 0.0473.